The van der Waals surface area contributed by atoms with Crippen molar-refractivity contribution in [1.82, 2.24) is 0 Å². The van der Waals surface area contributed by atoms with Gasteiger partial charge in [0, 0.05) is 19.0 Å². The first-order valence-electron chi connectivity index (χ1n) is 5.43. The van der Waals surface area contributed by atoms with Gasteiger partial charge in [-0.3, -0.25) is 14.9 Å². The van der Waals surface area contributed by atoms with Crippen LogP contribution in [0.25, 0.3) is 0 Å². The van der Waals surface area contributed by atoms with E-state index in [2.05, 4.69) is 0 Å². The molecule has 0 saturated carbocycles. The number of anilines is 1. The molecule has 0 aromatic heterocycles. The Hall–Kier alpha value is -2.00. The average molecular weight is 285 g/mol. The molecule has 1 aromatic carbocycles. The number of nitrogens with zero attached hydrogens (tertiary/aromatic N) is 2. The number of rotatable bonds is 3. The summed E-state index contributed by atoms with van der Waals surface area (Å²) in [5, 5.41) is 16.0. The summed E-state index contributed by atoms with van der Waals surface area (Å²) in [7, 11) is -4.15. The molecule has 1 saturated heterocycles. The van der Waals surface area contributed by atoms with Gasteiger partial charge in [-0.05, 0) is 12.5 Å². The van der Waals surface area contributed by atoms with Gasteiger partial charge in [-0.15, -0.1) is 0 Å². The molecule has 19 heavy (non-hydrogen) atoms. The third-order valence-corrected chi connectivity index (χ3v) is 3.77. The number of nitro benzene ring substituents is 1. The van der Waals surface area contributed by atoms with Crippen LogP contribution in [0.2, 0.25) is 0 Å². The van der Waals surface area contributed by atoms with E-state index in [9.17, 15) is 23.3 Å². The summed E-state index contributed by atoms with van der Waals surface area (Å²) in [4.78, 5) is 22.7. The first kappa shape index (κ1) is 13.4. The van der Waals surface area contributed by atoms with Gasteiger partial charge in [-0.2, -0.15) is 0 Å². The summed E-state index contributed by atoms with van der Waals surface area (Å²) >= 11 is 0. The van der Waals surface area contributed by atoms with Crippen molar-refractivity contribution in [3.05, 3.63) is 28.3 Å². The number of amides is 1. The van der Waals surface area contributed by atoms with Gasteiger partial charge in [0.05, 0.1) is 4.92 Å². The Morgan fingerprint density at radius 3 is 2.53 bits per heavy atom. The Balaban J connectivity index is 2.73. The third-order valence-electron chi connectivity index (χ3n) is 2.82. The second kappa shape index (κ2) is 4.59. The number of carbonyl (C=O) groups is 1. The highest BCUT2D eigenvalue weighted by Crippen LogP contribution is 2.36. The van der Waals surface area contributed by atoms with Crippen molar-refractivity contribution in [2.24, 2.45) is 5.14 Å². The molecule has 1 aromatic rings. The van der Waals surface area contributed by atoms with Gasteiger partial charge >= 0.3 is 0 Å². The largest absolute Gasteiger partial charge is 0.305 e. The topological polar surface area (TPSA) is 124 Å². The molecule has 1 aliphatic rings. The first-order chi connectivity index (χ1) is 8.82. The minimum atomic E-state index is -4.15. The van der Waals surface area contributed by atoms with Gasteiger partial charge < -0.3 is 4.90 Å². The highest BCUT2D eigenvalue weighted by molar-refractivity contribution is 7.89. The number of benzene rings is 1. The summed E-state index contributed by atoms with van der Waals surface area (Å²) in [6.45, 7) is 0.242. The maximum atomic E-state index is 11.7. The van der Waals surface area contributed by atoms with Crippen LogP contribution in [0.3, 0.4) is 0 Å². The summed E-state index contributed by atoms with van der Waals surface area (Å²) in [5.74, 6) is -0.348. The Morgan fingerprint density at radius 2 is 2.05 bits per heavy atom. The van der Waals surface area contributed by atoms with Crippen LogP contribution in [0.15, 0.2) is 23.1 Å². The molecule has 9 heteroatoms. The van der Waals surface area contributed by atoms with Crippen molar-refractivity contribution in [3.63, 3.8) is 0 Å². The van der Waals surface area contributed by atoms with Crippen molar-refractivity contribution in [2.75, 3.05) is 11.4 Å². The van der Waals surface area contributed by atoms with Crippen molar-refractivity contribution >= 4 is 27.3 Å². The van der Waals surface area contributed by atoms with E-state index in [1.807, 2.05) is 0 Å². The van der Waals surface area contributed by atoms with Crippen molar-refractivity contribution in [2.45, 2.75) is 17.7 Å². The lowest BCUT2D eigenvalue weighted by Gasteiger charge is -2.18. The van der Waals surface area contributed by atoms with Crippen LogP contribution in [-0.2, 0) is 14.8 Å². The molecule has 2 N–H and O–H groups in total. The van der Waals surface area contributed by atoms with E-state index in [-0.39, 0.29) is 24.6 Å². The van der Waals surface area contributed by atoms with Crippen LogP contribution < -0.4 is 10.0 Å². The lowest BCUT2D eigenvalue weighted by atomic mass is 10.2. The normalized spacial score (nSPS) is 15.8. The first-order valence-corrected chi connectivity index (χ1v) is 6.97. The minimum absolute atomic E-state index is 0.232. The van der Waals surface area contributed by atoms with E-state index in [1.54, 1.807) is 0 Å². The van der Waals surface area contributed by atoms with Crippen LogP contribution in [0.5, 0.6) is 0 Å². The number of para-hydroxylation sites is 1. The van der Waals surface area contributed by atoms with Crippen molar-refractivity contribution in [1.29, 1.82) is 0 Å². The zero-order valence-electron chi connectivity index (χ0n) is 9.77. The molecular formula is C10H11N3O5S. The van der Waals surface area contributed by atoms with Crippen LogP contribution in [-0.4, -0.2) is 25.8 Å². The van der Waals surface area contributed by atoms with E-state index >= 15 is 0 Å². The molecule has 1 amide bonds. The molecule has 0 unspecified atom stereocenters. The van der Waals surface area contributed by atoms with Gasteiger partial charge in [-0.1, -0.05) is 6.07 Å². The standard InChI is InChI=1S/C10H11N3O5S/c11-19(17,18)8-4-1-3-7(13(15)16)10(8)12-6-2-5-9(12)14/h1,3-4H,2,5-6H2,(H2,11,17,18). The number of nitrogens with two attached hydrogens (primary N) is 1. The second-order valence-electron chi connectivity index (χ2n) is 4.07. The molecule has 1 fully saturated rings. The van der Waals surface area contributed by atoms with Crippen molar-refractivity contribution in [3.8, 4) is 0 Å². The highest BCUT2D eigenvalue weighted by atomic mass is 32.2. The van der Waals surface area contributed by atoms with E-state index in [0.717, 1.165) is 17.0 Å². The number of carbonyl (C=O) groups excluding carboxylic acids is 1. The number of nitro groups is 1. The van der Waals surface area contributed by atoms with Crippen LogP contribution in [0.1, 0.15) is 12.8 Å². The molecule has 0 radical (unpaired) electrons. The maximum absolute atomic E-state index is 11.7. The second-order valence-corrected chi connectivity index (χ2v) is 5.60. The SMILES string of the molecule is NS(=O)(=O)c1cccc([N+](=O)[O-])c1N1CCCC1=O. The minimum Gasteiger partial charge on any atom is -0.305 e. The number of primary sulfonamides is 1. The lowest BCUT2D eigenvalue weighted by molar-refractivity contribution is -0.384. The lowest BCUT2D eigenvalue weighted by Crippen LogP contribution is -2.28. The van der Waals surface area contributed by atoms with E-state index in [0.29, 0.717) is 6.42 Å². The number of hydrogen-bond donors (Lipinski definition) is 1. The number of hydrogen-bond acceptors (Lipinski definition) is 5. The van der Waals surface area contributed by atoms with E-state index in [4.69, 9.17) is 5.14 Å². The fraction of sp³-hybridized carbons (Fsp3) is 0.300. The molecule has 0 aliphatic carbocycles. The third kappa shape index (κ3) is 2.42. The summed E-state index contributed by atoms with van der Waals surface area (Å²) < 4.78 is 23.0. The Labute approximate surface area is 109 Å². The summed E-state index contributed by atoms with van der Waals surface area (Å²) in [6.07, 6.45) is 0.755. The molecule has 1 aliphatic heterocycles. The Morgan fingerprint density at radius 1 is 1.37 bits per heavy atom. The smallest absolute Gasteiger partial charge is 0.294 e. The molecule has 102 valence electrons. The quantitative estimate of drug-likeness (QED) is 0.634. The molecular weight excluding hydrogens is 274 g/mol. The monoisotopic (exact) mass is 285 g/mol. The molecule has 0 bridgehead atoms. The van der Waals surface area contributed by atoms with Crippen LogP contribution in [0, 0.1) is 10.1 Å². The predicted octanol–water partition coefficient (Wildman–Crippen LogP) is 0.369. The summed E-state index contributed by atoms with van der Waals surface area (Å²) in [6, 6.07) is 3.53. The summed E-state index contributed by atoms with van der Waals surface area (Å²) in [5.41, 5.74) is -0.681. The fourth-order valence-corrected chi connectivity index (χ4v) is 2.80. The van der Waals surface area contributed by atoms with E-state index < -0.39 is 25.5 Å². The molecule has 0 spiro atoms. The van der Waals surface area contributed by atoms with Crippen molar-refractivity contribution < 1.29 is 18.1 Å². The molecule has 0 atom stereocenters. The van der Waals surface area contributed by atoms with Gasteiger partial charge in [0.2, 0.25) is 15.9 Å². The highest BCUT2D eigenvalue weighted by Gasteiger charge is 2.33. The molecule has 1 heterocycles. The zero-order chi connectivity index (χ0) is 14.2. The van der Waals surface area contributed by atoms with Crippen LogP contribution in [0.4, 0.5) is 11.4 Å². The Kier molecular flexibility index (Phi) is 3.25. The predicted molar refractivity (Wildman–Crippen MR) is 66.1 cm³/mol. The Bertz CT molecular complexity index is 655. The maximum Gasteiger partial charge on any atom is 0.294 e. The van der Waals surface area contributed by atoms with E-state index in [1.165, 1.54) is 6.07 Å². The average Bonchev–Trinajstić information content (AvgIpc) is 2.73. The molecule has 2 rings (SSSR count). The van der Waals surface area contributed by atoms with Gasteiger partial charge in [-0.25, -0.2) is 13.6 Å². The van der Waals surface area contributed by atoms with Gasteiger partial charge in [0.1, 0.15) is 10.6 Å². The van der Waals surface area contributed by atoms with Crippen LogP contribution >= 0.6 is 0 Å². The number of sulfonamides is 1. The van der Waals surface area contributed by atoms with Gasteiger partial charge in [0.25, 0.3) is 5.69 Å². The zero-order valence-corrected chi connectivity index (χ0v) is 10.6. The fourth-order valence-electron chi connectivity index (χ4n) is 2.04. The van der Waals surface area contributed by atoms with Gasteiger partial charge in [0.15, 0.2) is 0 Å². The molecule has 8 nitrogen and oxygen atoms in total.